The number of aromatic carboxylic acids is 1. The molecule has 0 aliphatic rings. The molecule has 0 atom stereocenters. The van der Waals surface area contributed by atoms with Crippen molar-refractivity contribution < 1.29 is 23.4 Å². The second-order valence-corrected chi connectivity index (χ2v) is 5.04. The standard InChI is InChI=1S/C10H14N2O5S/c1-2-5-11-18(16,17)12-8-6-7(10(14)15)3-4-9(8)13/h3-4,6,11-13H,2,5H2,1H3,(H,14,15). The fourth-order valence-electron chi connectivity index (χ4n) is 1.17. The van der Waals surface area contributed by atoms with E-state index in [0.29, 0.717) is 6.42 Å². The molecule has 1 rings (SSSR count). The Balaban J connectivity index is 2.96. The number of rotatable bonds is 6. The molecule has 0 aliphatic carbocycles. The Kier molecular flexibility index (Phi) is 4.51. The maximum absolute atomic E-state index is 11.5. The molecule has 7 nitrogen and oxygen atoms in total. The molecular weight excluding hydrogens is 260 g/mol. The summed E-state index contributed by atoms with van der Waals surface area (Å²) in [5.41, 5.74) is -0.306. The highest BCUT2D eigenvalue weighted by molar-refractivity contribution is 7.90. The highest BCUT2D eigenvalue weighted by Crippen LogP contribution is 2.24. The smallest absolute Gasteiger partial charge is 0.335 e. The van der Waals surface area contributed by atoms with Gasteiger partial charge in [-0.2, -0.15) is 13.1 Å². The van der Waals surface area contributed by atoms with Gasteiger partial charge in [0, 0.05) is 6.54 Å². The van der Waals surface area contributed by atoms with Crippen LogP contribution in [0.4, 0.5) is 5.69 Å². The SMILES string of the molecule is CCCNS(=O)(=O)Nc1cc(C(=O)O)ccc1O. The monoisotopic (exact) mass is 274 g/mol. The van der Waals surface area contributed by atoms with E-state index in [2.05, 4.69) is 9.44 Å². The second-order valence-electron chi connectivity index (χ2n) is 3.54. The van der Waals surface area contributed by atoms with Crippen LogP contribution in [-0.4, -0.2) is 31.1 Å². The van der Waals surface area contributed by atoms with Crippen molar-refractivity contribution >= 4 is 21.9 Å². The normalized spacial score (nSPS) is 11.2. The summed E-state index contributed by atoms with van der Waals surface area (Å²) in [5.74, 6) is -1.56. The first-order valence-corrected chi connectivity index (χ1v) is 6.67. The number of carbonyl (C=O) groups is 1. The molecule has 0 fully saturated rings. The van der Waals surface area contributed by atoms with Crippen LogP contribution in [0.5, 0.6) is 5.75 Å². The molecule has 0 amide bonds. The van der Waals surface area contributed by atoms with Gasteiger partial charge in [0.2, 0.25) is 0 Å². The lowest BCUT2D eigenvalue weighted by molar-refractivity contribution is 0.0697. The van der Waals surface area contributed by atoms with Gasteiger partial charge in [0.25, 0.3) is 10.2 Å². The van der Waals surface area contributed by atoms with E-state index >= 15 is 0 Å². The van der Waals surface area contributed by atoms with Gasteiger partial charge in [0.05, 0.1) is 11.3 Å². The van der Waals surface area contributed by atoms with Crippen molar-refractivity contribution in [3.8, 4) is 5.75 Å². The summed E-state index contributed by atoms with van der Waals surface area (Å²) >= 11 is 0. The average molecular weight is 274 g/mol. The van der Waals surface area contributed by atoms with Crippen molar-refractivity contribution in [2.75, 3.05) is 11.3 Å². The van der Waals surface area contributed by atoms with Crippen LogP contribution >= 0.6 is 0 Å². The minimum Gasteiger partial charge on any atom is -0.506 e. The highest BCUT2D eigenvalue weighted by Gasteiger charge is 2.13. The fourth-order valence-corrected chi connectivity index (χ4v) is 2.17. The van der Waals surface area contributed by atoms with Crippen molar-refractivity contribution in [2.45, 2.75) is 13.3 Å². The Labute approximate surface area is 105 Å². The van der Waals surface area contributed by atoms with Gasteiger partial charge in [-0.05, 0) is 24.6 Å². The molecule has 0 spiro atoms. The van der Waals surface area contributed by atoms with Crippen LogP contribution in [0.2, 0.25) is 0 Å². The molecule has 0 aliphatic heterocycles. The van der Waals surface area contributed by atoms with E-state index in [9.17, 15) is 18.3 Å². The molecule has 100 valence electrons. The number of hydrogen-bond acceptors (Lipinski definition) is 4. The summed E-state index contributed by atoms with van der Waals surface area (Å²) in [6.45, 7) is 2.04. The summed E-state index contributed by atoms with van der Waals surface area (Å²) in [4.78, 5) is 10.7. The number of benzene rings is 1. The van der Waals surface area contributed by atoms with Gasteiger partial charge in [-0.3, -0.25) is 4.72 Å². The van der Waals surface area contributed by atoms with Gasteiger partial charge in [-0.15, -0.1) is 0 Å². The minimum atomic E-state index is -3.81. The van der Waals surface area contributed by atoms with E-state index in [4.69, 9.17) is 5.11 Å². The lowest BCUT2D eigenvalue weighted by atomic mass is 10.2. The number of aromatic hydroxyl groups is 1. The van der Waals surface area contributed by atoms with Crippen LogP contribution in [0.1, 0.15) is 23.7 Å². The van der Waals surface area contributed by atoms with Crippen LogP contribution in [0.15, 0.2) is 18.2 Å². The molecule has 1 aromatic carbocycles. The summed E-state index contributed by atoms with van der Waals surface area (Å²) in [6, 6.07) is 3.33. The zero-order valence-corrected chi connectivity index (χ0v) is 10.5. The molecule has 8 heteroatoms. The molecule has 0 saturated heterocycles. The molecule has 0 heterocycles. The zero-order chi connectivity index (χ0) is 13.8. The number of nitrogens with one attached hydrogen (secondary N) is 2. The van der Waals surface area contributed by atoms with Crippen LogP contribution in [-0.2, 0) is 10.2 Å². The molecule has 0 radical (unpaired) electrons. The molecule has 0 saturated carbocycles. The summed E-state index contributed by atoms with van der Waals surface area (Å²) in [5, 5.41) is 18.2. The van der Waals surface area contributed by atoms with Crippen molar-refractivity contribution in [3.05, 3.63) is 23.8 Å². The quantitative estimate of drug-likeness (QED) is 0.571. The second kappa shape index (κ2) is 5.69. The molecule has 0 aromatic heterocycles. The molecule has 4 N–H and O–H groups in total. The predicted octanol–water partition coefficient (Wildman–Crippen LogP) is 0.747. The van der Waals surface area contributed by atoms with Gasteiger partial charge >= 0.3 is 5.97 Å². The first-order chi connectivity index (χ1) is 8.35. The van der Waals surface area contributed by atoms with Gasteiger partial charge in [-0.1, -0.05) is 6.92 Å². The van der Waals surface area contributed by atoms with Gasteiger partial charge < -0.3 is 10.2 Å². The Hall–Kier alpha value is -1.80. The van der Waals surface area contributed by atoms with E-state index in [1.54, 1.807) is 6.92 Å². The van der Waals surface area contributed by atoms with Crippen LogP contribution < -0.4 is 9.44 Å². The topological polar surface area (TPSA) is 116 Å². The van der Waals surface area contributed by atoms with Crippen LogP contribution in [0.3, 0.4) is 0 Å². The summed E-state index contributed by atoms with van der Waals surface area (Å²) < 4.78 is 27.3. The minimum absolute atomic E-state index is 0.124. The number of hydrogen-bond donors (Lipinski definition) is 4. The van der Waals surface area contributed by atoms with Crippen molar-refractivity contribution in [2.24, 2.45) is 0 Å². The summed E-state index contributed by atoms with van der Waals surface area (Å²) in [7, 11) is -3.81. The van der Waals surface area contributed by atoms with E-state index < -0.39 is 16.2 Å². The van der Waals surface area contributed by atoms with E-state index in [-0.39, 0.29) is 23.5 Å². The Bertz CT molecular complexity index is 541. The Morgan fingerprint density at radius 3 is 2.61 bits per heavy atom. The van der Waals surface area contributed by atoms with Crippen molar-refractivity contribution in [1.29, 1.82) is 0 Å². The van der Waals surface area contributed by atoms with Gasteiger partial charge in [0.15, 0.2) is 0 Å². The maximum atomic E-state index is 11.5. The van der Waals surface area contributed by atoms with Crippen molar-refractivity contribution in [3.63, 3.8) is 0 Å². The molecule has 0 unspecified atom stereocenters. The molecule has 1 aromatic rings. The Morgan fingerprint density at radius 1 is 1.39 bits per heavy atom. The number of carboxylic acid groups (broad SMARTS) is 1. The maximum Gasteiger partial charge on any atom is 0.335 e. The van der Waals surface area contributed by atoms with Crippen LogP contribution in [0, 0.1) is 0 Å². The molecular formula is C10H14N2O5S. The number of phenolic OH excluding ortho intramolecular Hbond substituents is 1. The van der Waals surface area contributed by atoms with E-state index in [0.717, 1.165) is 12.1 Å². The van der Waals surface area contributed by atoms with Gasteiger partial charge in [0.1, 0.15) is 5.75 Å². The molecule has 0 bridgehead atoms. The third-order valence-corrected chi connectivity index (χ3v) is 3.10. The Morgan fingerprint density at radius 2 is 2.06 bits per heavy atom. The predicted molar refractivity (Wildman–Crippen MR) is 65.9 cm³/mol. The van der Waals surface area contributed by atoms with Crippen molar-refractivity contribution in [1.82, 2.24) is 4.72 Å². The third kappa shape index (κ3) is 3.90. The number of carboxylic acids is 1. The summed E-state index contributed by atoms with van der Waals surface area (Å²) in [6.07, 6.45) is 0.613. The molecule has 18 heavy (non-hydrogen) atoms. The largest absolute Gasteiger partial charge is 0.506 e. The van der Waals surface area contributed by atoms with E-state index in [1.165, 1.54) is 6.07 Å². The zero-order valence-electron chi connectivity index (χ0n) is 9.67. The number of anilines is 1. The van der Waals surface area contributed by atoms with E-state index in [1.807, 2.05) is 0 Å². The lowest BCUT2D eigenvalue weighted by Gasteiger charge is -2.10. The third-order valence-electron chi connectivity index (χ3n) is 2.03. The highest BCUT2D eigenvalue weighted by atomic mass is 32.2. The fraction of sp³-hybridized carbons (Fsp3) is 0.300. The number of phenols is 1. The first-order valence-electron chi connectivity index (χ1n) is 5.19. The van der Waals surface area contributed by atoms with Crippen LogP contribution in [0.25, 0.3) is 0 Å². The lowest BCUT2D eigenvalue weighted by Crippen LogP contribution is -2.30. The average Bonchev–Trinajstić information content (AvgIpc) is 2.29. The van der Waals surface area contributed by atoms with Gasteiger partial charge in [-0.25, -0.2) is 4.79 Å². The first kappa shape index (κ1) is 14.3.